The predicted molar refractivity (Wildman–Crippen MR) is 118 cm³/mol. The molecule has 0 spiro atoms. The number of aliphatic hydroxyl groups is 1. The Kier molecular flexibility index (Phi) is 4.87. The van der Waals surface area contributed by atoms with Crippen LogP contribution in [-0.2, 0) is 21.6 Å². The standard InChI is InChI=1S/C25H27FN2O3/c1-25(2)20-13-15(7-10-28-11-8-17(29)9-12-28)3-5-18(20)23(31-25)22-19-14-16(26)4-6-21(19)27-24(22)30/h3-6,13-14,17,29H,7-12H2,1-2H3,(H,27,30)/b23-22+. The molecule has 5 nitrogen and oxygen atoms in total. The SMILES string of the molecule is CC1(C)O/C(=C2/C(=O)Nc3ccc(F)cc32)c2ccc(CCN3CCC(O)CC3)cc21. The van der Waals surface area contributed by atoms with Crippen molar-refractivity contribution in [2.24, 2.45) is 0 Å². The minimum atomic E-state index is -0.584. The molecule has 0 radical (unpaired) electrons. The molecule has 3 heterocycles. The van der Waals surface area contributed by atoms with Gasteiger partial charge < -0.3 is 20.1 Å². The summed E-state index contributed by atoms with van der Waals surface area (Å²) in [7, 11) is 0. The molecule has 1 saturated heterocycles. The highest BCUT2D eigenvalue weighted by atomic mass is 19.1. The number of carbonyl (C=O) groups excluding carboxylic acids is 1. The van der Waals surface area contributed by atoms with Gasteiger partial charge >= 0.3 is 0 Å². The number of hydrogen-bond donors (Lipinski definition) is 2. The number of nitrogens with one attached hydrogen (secondary N) is 1. The number of benzene rings is 2. The van der Waals surface area contributed by atoms with Crippen LogP contribution in [-0.4, -0.2) is 41.7 Å². The minimum Gasteiger partial charge on any atom is -0.482 e. The molecule has 0 unspecified atom stereocenters. The summed E-state index contributed by atoms with van der Waals surface area (Å²) in [6, 6.07) is 10.6. The quantitative estimate of drug-likeness (QED) is 0.737. The lowest BCUT2D eigenvalue weighted by Gasteiger charge is -2.29. The Morgan fingerprint density at radius 3 is 2.71 bits per heavy atom. The summed E-state index contributed by atoms with van der Waals surface area (Å²) in [4.78, 5) is 15.1. The van der Waals surface area contributed by atoms with Gasteiger partial charge in [-0.05, 0) is 56.9 Å². The first-order valence-corrected chi connectivity index (χ1v) is 10.9. The summed E-state index contributed by atoms with van der Waals surface area (Å²) >= 11 is 0. The van der Waals surface area contributed by atoms with Crippen molar-refractivity contribution in [1.29, 1.82) is 0 Å². The highest BCUT2D eigenvalue weighted by Gasteiger charge is 2.40. The van der Waals surface area contributed by atoms with Gasteiger partial charge in [-0.3, -0.25) is 4.79 Å². The number of piperidine rings is 1. The van der Waals surface area contributed by atoms with E-state index in [1.54, 1.807) is 6.07 Å². The highest BCUT2D eigenvalue weighted by molar-refractivity contribution is 6.36. The Morgan fingerprint density at radius 1 is 1.16 bits per heavy atom. The maximum atomic E-state index is 13.9. The van der Waals surface area contributed by atoms with E-state index >= 15 is 0 Å². The summed E-state index contributed by atoms with van der Waals surface area (Å²) in [5.74, 6) is -0.138. The van der Waals surface area contributed by atoms with Crippen LogP contribution in [0.15, 0.2) is 36.4 Å². The number of anilines is 1. The van der Waals surface area contributed by atoms with E-state index in [4.69, 9.17) is 4.74 Å². The lowest BCUT2D eigenvalue weighted by Crippen LogP contribution is -2.37. The molecule has 1 amide bonds. The number of carbonyl (C=O) groups is 1. The zero-order valence-corrected chi connectivity index (χ0v) is 17.9. The van der Waals surface area contributed by atoms with Gasteiger partial charge in [-0.2, -0.15) is 0 Å². The van der Waals surface area contributed by atoms with E-state index in [-0.39, 0.29) is 17.8 Å². The Bertz CT molecular complexity index is 1080. The van der Waals surface area contributed by atoms with E-state index < -0.39 is 5.60 Å². The molecule has 2 aromatic carbocycles. The largest absolute Gasteiger partial charge is 0.482 e. The molecule has 0 atom stereocenters. The second-order valence-electron chi connectivity index (χ2n) is 9.16. The number of amides is 1. The molecule has 162 valence electrons. The molecule has 0 aromatic heterocycles. The third kappa shape index (κ3) is 3.64. The Morgan fingerprint density at radius 2 is 1.94 bits per heavy atom. The van der Waals surface area contributed by atoms with Crippen LogP contribution in [0.25, 0.3) is 11.3 Å². The summed E-state index contributed by atoms with van der Waals surface area (Å²) in [5.41, 5.74) is 4.10. The van der Waals surface area contributed by atoms with Crippen molar-refractivity contribution in [3.8, 4) is 0 Å². The number of aliphatic hydroxyl groups excluding tert-OH is 1. The topological polar surface area (TPSA) is 61.8 Å². The number of likely N-dealkylation sites (tertiary alicyclic amines) is 1. The molecule has 5 rings (SSSR count). The first-order chi connectivity index (χ1) is 14.8. The third-order valence-corrected chi connectivity index (χ3v) is 6.56. The average molecular weight is 423 g/mol. The number of ether oxygens (including phenoxy) is 1. The van der Waals surface area contributed by atoms with Crippen LogP contribution < -0.4 is 5.32 Å². The number of halogens is 1. The molecule has 1 fully saturated rings. The van der Waals surface area contributed by atoms with Crippen LogP contribution in [0.4, 0.5) is 10.1 Å². The normalized spacial score (nSPS) is 22.8. The van der Waals surface area contributed by atoms with E-state index in [1.807, 2.05) is 19.9 Å². The zero-order chi connectivity index (χ0) is 21.8. The van der Waals surface area contributed by atoms with Crippen molar-refractivity contribution in [1.82, 2.24) is 4.90 Å². The fraction of sp³-hybridized carbons (Fsp3) is 0.400. The van der Waals surface area contributed by atoms with E-state index in [1.165, 1.54) is 17.7 Å². The molecule has 6 heteroatoms. The second kappa shape index (κ2) is 7.46. The van der Waals surface area contributed by atoms with Gasteiger partial charge in [0.15, 0.2) is 0 Å². The van der Waals surface area contributed by atoms with Crippen molar-refractivity contribution in [2.45, 2.75) is 44.8 Å². The third-order valence-electron chi connectivity index (χ3n) is 6.56. The maximum Gasteiger partial charge on any atom is 0.260 e. The van der Waals surface area contributed by atoms with E-state index in [9.17, 15) is 14.3 Å². The highest BCUT2D eigenvalue weighted by Crippen LogP contribution is 2.48. The lowest BCUT2D eigenvalue weighted by molar-refractivity contribution is -0.110. The smallest absolute Gasteiger partial charge is 0.260 e. The van der Waals surface area contributed by atoms with Crippen LogP contribution in [0.1, 0.15) is 48.9 Å². The molecule has 31 heavy (non-hydrogen) atoms. The zero-order valence-electron chi connectivity index (χ0n) is 17.9. The molecule has 2 N–H and O–H groups in total. The van der Waals surface area contributed by atoms with E-state index in [2.05, 4.69) is 22.3 Å². The Hall–Kier alpha value is -2.70. The minimum absolute atomic E-state index is 0.160. The summed E-state index contributed by atoms with van der Waals surface area (Å²) < 4.78 is 20.2. The monoisotopic (exact) mass is 422 g/mol. The Labute approximate surface area is 181 Å². The summed E-state index contributed by atoms with van der Waals surface area (Å²) in [6.45, 7) is 6.81. The molecule has 2 aromatic rings. The van der Waals surface area contributed by atoms with Gasteiger partial charge in [0.1, 0.15) is 17.2 Å². The average Bonchev–Trinajstić information content (AvgIpc) is 3.19. The second-order valence-corrected chi connectivity index (χ2v) is 9.16. The molecule has 0 bridgehead atoms. The molecule has 0 saturated carbocycles. The van der Waals surface area contributed by atoms with Crippen LogP contribution in [0.3, 0.4) is 0 Å². The van der Waals surface area contributed by atoms with E-state index in [0.717, 1.165) is 50.0 Å². The van der Waals surface area contributed by atoms with Crippen LogP contribution in [0.2, 0.25) is 0 Å². The molecular weight excluding hydrogens is 395 g/mol. The first-order valence-electron chi connectivity index (χ1n) is 10.9. The maximum absolute atomic E-state index is 13.9. The van der Waals surface area contributed by atoms with Crippen molar-refractivity contribution in [2.75, 3.05) is 25.0 Å². The van der Waals surface area contributed by atoms with Gasteiger partial charge in [0.2, 0.25) is 0 Å². The van der Waals surface area contributed by atoms with Gasteiger partial charge in [-0.15, -0.1) is 0 Å². The van der Waals surface area contributed by atoms with Crippen molar-refractivity contribution in [3.05, 3.63) is 64.5 Å². The molecular formula is C25H27FN2O3. The van der Waals surface area contributed by atoms with Crippen molar-refractivity contribution >= 4 is 22.9 Å². The van der Waals surface area contributed by atoms with Crippen LogP contribution >= 0.6 is 0 Å². The van der Waals surface area contributed by atoms with Crippen molar-refractivity contribution < 1.29 is 19.0 Å². The van der Waals surface area contributed by atoms with Gasteiger partial charge in [-0.1, -0.05) is 18.2 Å². The number of hydrogen-bond acceptors (Lipinski definition) is 4. The summed E-state index contributed by atoms with van der Waals surface area (Å²) in [5, 5.41) is 12.5. The van der Waals surface area contributed by atoms with Crippen molar-refractivity contribution in [3.63, 3.8) is 0 Å². The van der Waals surface area contributed by atoms with Gasteiger partial charge in [0.05, 0.1) is 11.7 Å². The summed E-state index contributed by atoms with van der Waals surface area (Å²) in [6.07, 6.45) is 2.44. The lowest BCUT2D eigenvalue weighted by atomic mass is 9.91. The van der Waals surface area contributed by atoms with Gasteiger partial charge in [0, 0.05) is 42.0 Å². The number of nitrogens with zero attached hydrogens (tertiary/aromatic N) is 1. The fourth-order valence-electron chi connectivity index (χ4n) is 4.79. The molecule has 3 aliphatic heterocycles. The van der Waals surface area contributed by atoms with E-state index in [0.29, 0.717) is 22.6 Å². The van der Waals surface area contributed by atoms with Crippen LogP contribution in [0.5, 0.6) is 0 Å². The Balaban J connectivity index is 1.46. The number of fused-ring (bicyclic) bond motifs is 2. The number of rotatable bonds is 3. The van der Waals surface area contributed by atoms with Gasteiger partial charge in [0.25, 0.3) is 5.91 Å². The molecule has 3 aliphatic rings. The van der Waals surface area contributed by atoms with Gasteiger partial charge in [-0.25, -0.2) is 4.39 Å². The predicted octanol–water partition coefficient (Wildman–Crippen LogP) is 3.91. The van der Waals surface area contributed by atoms with Crippen LogP contribution in [0, 0.1) is 5.82 Å². The first kappa shape index (κ1) is 20.2. The fourth-order valence-corrected chi connectivity index (χ4v) is 4.79. The molecule has 0 aliphatic carbocycles.